The first-order valence-corrected chi connectivity index (χ1v) is 6.13. The van der Waals surface area contributed by atoms with Crippen LogP contribution in [0, 0.1) is 12.8 Å². The number of hydrogen-bond acceptors (Lipinski definition) is 3. The molecule has 94 valence electrons. The summed E-state index contributed by atoms with van der Waals surface area (Å²) in [6.07, 6.45) is 1.02. The second-order valence-corrected chi connectivity index (χ2v) is 4.97. The summed E-state index contributed by atoms with van der Waals surface area (Å²) in [7, 11) is 1.72. The molecule has 0 amide bonds. The Bertz CT molecular complexity index is 392. The van der Waals surface area contributed by atoms with Gasteiger partial charge in [-0.3, -0.25) is 0 Å². The standard InChI is InChI=1S/C14H21NO2/c1-9-4-5-13-11(6-9)12(15)7-14(17-13)10(2)8-16-3/h4-6,10,12,14H,7-8,15H2,1-3H3. The summed E-state index contributed by atoms with van der Waals surface area (Å²) in [6, 6.07) is 6.28. The molecule has 17 heavy (non-hydrogen) atoms. The highest BCUT2D eigenvalue weighted by Gasteiger charge is 2.29. The molecule has 0 spiro atoms. The number of hydrogen-bond donors (Lipinski definition) is 1. The largest absolute Gasteiger partial charge is 0.490 e. The van der Waals surface area contributed by atoms with Gasteiger partial charge in [-0.2, -0.15) is 0 Å². The van der Waals surface area contributed by atoms with Gasteiger partial charge < -0.3 is 15.2 Å². The summed E-state index contributed by atoms with van der Waals surface area (Å²) >= 11 is 0. The van der Waals surface area contributed by atoms with Crippen LogP contribution in [-0.2, 0) is 4.74 Å². The minimum atomic E-state index is 0.0722. The molecule has 2 rings (SSSR count). The van der Waals surface area contributed by atoms with Gasteiger partial charge in [-0.05, 0) is 13.0 Å². The molecule has 0 saturated heterocycles. The zero-order valence-electron chi connectivity index (χ0n) is 10.8. The molecule has 3 heteroatoms. The maximum atomic E-state index is 6.22. The minimum absolute atomic E-state index is 0.0722. The first-order valence-electron chi connectivity index (χ1n) is 6.13. The van der Waals surface area contributed by atoms with E-state index < -0.39 is 0 Å². The number of fused-ring (bicyclic) bond motifs is 1. The Morgan fingerprint density at radius 1 is 1.53 bits per heavy atom. The van der Waals surface area contributed by atoms with E-state index in [0.29, 0.717) is 12.5 Å². The maximum Gasteiger partial charge on any atom is 0.124 e. The maximum absolute atomic E-state index is 6.22. The molecule has 1 aliphatic heterocycles. The molecule has 1 aromatic carbocycles. The van der Waals surface area contributed by atoms with Crippen molar-refractivity contribution in [2.75, 3.05) is 13.7 Å². The van der Waals surface area contributed by atoms with Crippen LogP contribution >= 0.6 is 0 Å². The van der Waals surface area contributed by atoms with Gasteiger partial charge in [-0.15, -0.1) is 0 Å². The van der Waals surface area contributed by atoms with Crippen LogP contribution in [0.4, 0.5) is 0 Å². The zero-order chi connectivity index (χ0) is 12.4. The lowest BCUT2D eigenvalue weighted by Gasteiger charge is -2.33. The van der Waals surface area contributed by atoms with Gasteiger partial charge >= 0.3 is 0 Å². The Labute approximate surface area is 103 Å². The molecule has 0 aromatic heterocycles. The SMILES string of the molecule is COCC(C)C1CC(N)c2cc(C)ccc2O1. The van der Waals surface area contributed by atoms with E-state index in [2.05, 4.69) is 26.0 Å². The van der Waals surface area contributed by atoms with Crippen molar-refractivity contribution in [3.8, 4) is 5.75 Å². The molecule has 3 unspecified atom stereocenters. The predicted molar refractivity (Wildman–Crippen MR) is 68.2 cm³/mol. The third-order valence-electron chi connectivity index (χ3n) is 3.39. The summed E-state index contributed by atoms with van der Waals surface area (Å²) in [4.78, 5) is 0. The summed E-state index contributed by atoms with van der Waals surface area (Å²) in [5.74, 6) is 1.29. The molecule has 0 aliphatic carbocycles. The van der Waals surface area contributed by atoms with E-state index in [9.17, 15) is 0 Å². The molecule has 1 aliphatic rings. The minimum Gasteiger partial charge on any atom is -0.490 e. The van der Waals surface area contributed by atoms with Crippen molar-refractivity contribution in [3.63, 3.8) is 0 Å². The van der Waals surface area contributed by atoms with Gasteiger partial charge in [0, 0.05) is 31.1 Å². The van der Waals surface area contributed by atoms with Crippen LogP contribution in [0.2, 0.25) is 0 Å². The van der Waals surface area contributed by atoms with E-state index in [4.69, 9.17) is 15.2 Å². The molecule has 0 bridgehead atoms. The van der Waals surface area contributed by atoms with Crippen LogP contribution in [-0.4, -0.2) is 19.8 Å². The van der Waals surface area contributed by atoms with E-state index >= 15 is 0 Å². The van der Waals surface area contributed by atoms with E-state index in [1.807, 2.05) is 6.07 Å². The average molecular weight is 235 g/mol. The molecular weight excluding hydrogens is 214 g/mol. The third kappa shape index (κ3) is 2.61. The van der Waals surface area contributed by atoms with Crippen LogP contribution in [0.25, 0.3) is 0 Å². The molecule has 0 fully saturated rings. The van der Waals surface area contributed by atoms with Crippen molar-refractivity contribution in [2.24, 2.45) is 11.7 Å². The number of aryl methyl sites for hydroxylation is 1. The average Bonchev–Trinajstić information content (AvgIpc) is 2.30. The Hall–Kier alpha value is -1.06. The van der Waals surface area contributed by atoms with Gasteiger partial charge in [0.25, 0.3) is 0 Å². The highest BCUT2D eigenvalue weighted by atomic mass is 16.5. The zero-order valence-corrected chi connectivity index (χ0v) is 10.8. The predicted octanol–water partition coefficient (Wildman–Crippen LogP) is 2.43. The van der Waals surface area contributed by atoms with Gasteiger partial charge in [-0.25, -0.2) is 0 Å². The summed E-state index contributed by atoms with van der Waals surface area (Å²) < 4.78 is 11.2. The van der Waals surface area contributed by atoms with Crippen LogP contribution in [0.1, 0.15) is 30.5 Å². The number of nitrogens with two attached hydrogens (primary N) is 1. The van der Waals surface area contributed by atoms with Crippen LogP contribution in [0.3, 0.4) is 0 Å². The molecule has 3 nitrogen and oxygen atoms in total. The summed E-state index contributed by atoms with van der Waals surface area (Å²) in [5, 5.41) is 0. The molecule has 0 saturated carbocycles. The topological polar surface area (TPSA) is 44.5 Å². The van der Waals surface area contributed by atoms with Crippen molar-refractivity contribution in [3.05, 3.63) is 29.3 Å². The number of rotatable bonds is 3. The summed E-state index contributed by atoms with van der Waals surface area (Å²) in [6.45, 7) is 4.92. The lowest BCUT2D eigenvalue weighted by molar-refractivity contribution is 0.0538. The smallest absolute Gasteiger partial charge is 0.124 e. The highest BCUT2D eigenvalue weighted by molar-refractivity contribution is 5.40. The quantitative estimate of drug-likeness (QED) is 0.875. The fourth-order valence-electron chi connectivity index (χ4n) is 2.37. The second kappa shape index (κ2) is 5.07. The highest BCUT2D eigenvalue weighted by Crippen LogP contribution is 2.36. The van der Waals surface area contributed by atoms with Crippen LogP contribution < -0.4 is 10.5 Å². The molecule has 0 radical (unpaired) electrons. The van der Waals surface area contributed by atoms with Crippen LogP contribution in [0.5, 0.6) is 5.75 Å². The van der Waals surface area contributed by atoms with Gasteiger partial charge in [0.05, 0.1) is 6.61 Å². The molecule has 3 atom stereocenters. The first kappa shape index (κ1) is 12.4. The van der Waals surface area contributed by atoms with E-state index in [-0.39, 0.29) is 12.1 Å². The Morgan fingerprint density at radius 3 is 3.00 bits per heavy atom. The van der Waals surface area contributed by atoms with Gasteiger partial charge in [0.15, 0.2) is 0 Å². The first-order chi connectivity index (χ1) is 8.11. The Morgan fingerprint density at radius 2 is 2.29 bits per heavy atom. The van der Waals surface area contributed by atoms with Crippen molar-refractivity contribution in [1.29, 1.82) is 0 Å². The molecule has 2 N–H and O–H groups in total. The Kier molecular flexibility index (Phi) is 3.69. The van der Waals surface area contributed by atoms with Gasteiger partial charge in [-0.1, -0.05) is 24.6 Å². The molecular formula is C14H21NO2. The van der Waals surface area contributed by atoms with E-state index in [1.54, 1.807) is 7.11 Å². The van der Waals surface area contributed by atoms with Crippen molar-refractivity contribution < 1.29 is 9.47 Å². The number of benzene rings is 1. The van der Waals surface area contributed by atoms with Crippen molar-refractivity contribution in [2.45, 2.75) is 32.4 Å². The monoisotopic (exact) mass is 235 g/mol. The van der Waals surface area contributed by atoms with Crippen LogP contribution in [0.15, 0.2) is 18.2 Å². The molecule has 1 aromatic rings. The second-order valence-electron chi connectivity index (χ2n) is 4.97. The Balaban J connectivity index is 2.18. The van der Waals surface area contributed by atoms with Gasteiger partial charge in [0.1, 0.15) is 11.9 Å². The molecule has 1 heterocycles. The van der Waals surface area contributed by atoms with Crippen molar-refractivity contribution >= 4 is 0 Å². The third-order valence-corrected chi connectivity index (χ3v) is 3.39. The summed E-state index contributed by atoms with van der Waals surface area (Å²) in [5.41, 5.74) is 8.58. The normalized spacial score (nSPS) is 24.9. The van der Waals surface area contributed by atoms with Gasteiger partial charge in [0.2, 0.25) is 0 Å². The fraction of sp³-hybridized carbons (Fsp3) is 0.571. The lowest BCUT2D eigenvalue weighted by Crippen LogP contribution is -2.35. The van der Waals surface area contributed by atoms with E-state index in [0.717, 1.165) is 17.7 Å². The fourth-order valence-corrected chi connectivity index (χ4v) is 2.37. The lowest BCUT2D eigenvalue weighted by atomic mass is 9.91. The van der Waals surface area contributed by atoms with E-state index in [1.165, 1.54) is 5.56 Å². The number of ether oxygens (including phenoxy) is 2. The number of methoxy groups -OCH3 is 1. The van der Waals surface area contributed by atoms with Crippen molar-refractivity contribution in [1.82, 2.24) is 0 Å².